The van der Waals surface area contributed by atoms with Crippen LogP contribution in [-0.2, 0) is 16.0 Å². The van der Waals surface area contributed by atoms with Gasteiger partial charge in [-0.25, -0.2) is 0 Å². The number of nitrogens with zero attached hydrogens (tertiary/aromatic N) is 3. The first-order valence-corrected chi connectivity index (χ1v) is 10.3. The second-order valence-electron chi connectivity index (χ2n) is 7.94. The molecular formula is C21H31ClN4O2. The Kier molecular flexibility index (Phi) is 6.96. The Morgan fingerprint density at radius 2 is 1.82 bits per heavy atom. The molecule has 3 aliphatic rings. The van der Waals surface area contributed by atoms with Crippen LogP contribution in [0.25, 0.3) is 0 Å². The number of carbonyl (C=O) groups excluding carboxylic acids is 2. The highest BCUT2D eigenvalue weighted by molar-refractivity contribution is 6.00. The second-order valence-corrected chi connectivity index (χ2v) is 7.94. The lowest BCUT2D eigenvalue weighted by molar-refractivity contribution is -0.135. The number of benzene rings is 1. The number of hydrogen-bond donors (Lipinski definition) is 1. The van der Waals surface area contributed by atoms with Gasteiger partial charge in [-0.3, -0.25) is 14.5 Å². The Morgan fingerprint density at radius 1 is 1.11 bits per heavy atom. The number of anilines is 1. The average molecular weight is 407 g/mol. The smallest absolute Gasteiger partial charge is 0.228 e. The normalized spacial score (nSPS) is 25.8. The quantitative estimate of drug-likeness (QED) is 0.823. The van der Waals surface area contributed by atoms with Crippen molar-refractivity contribution in [2.75, 3.05) is 50.7 Å². The minimum Gasteiger partial charge on any atom is -0.341 e. The van der Waals surface area contributed by atoms with Crippen molar-refractivity contribution >= 4 is 29.9 Å². The Morgan fingerprint density at radius 3 is 2.50 bits per heavy atom. The van der Waals surface area contributed by atoms with Gasteiger partial charge in [0.05, 0.1) is 5.92 Å². The lowest BCUT2D eigenvalue weighted by atomic mass is 10.1. The molecule has 3 saturated heterocycles. The van der Waals surface area contributed by atoms with Gasteiger partial charge in [0.15, 0.2) is 0 Å². The molecule has 0 aliphatic carbocycles. The Balaban J connectivity index is 0.00000225. The van der Waals surface area contributed by atoms with Crippen molar-refractivity contribution in [3.8, 4) is 0 Å². The second kappa shape index (κ2) is 9.25. The van der Waals surface area contributed by atoms with Gasteiger partial charge in [-0.1, -0.05) is 19.1 Å². The van der Waals surface area contributed by atoms with Crippen molar-refractivity contribution in [3.63, 3.8) is 0 Å². The number of rotatable bonds is 4. The molecule has 0 bridgehead atoms. The summed E-state index contributed by atoms with van der Waals surface area (Å²) in [6.07, 6.45) is 2.37. The molecule has 3 heterocycles. The average Bonchev–Trinajstić information content (AvgIpc) is 3.35. The van der Waals surface area contributed by atoms with Gasteiger partial charge in [0, 0.05) is 64.0 Å². The van der Waals surface area contributed by atoms with Crippen molar-refractivity contribution in [1.82, 2.24) is 15.1 Å². The zero-order chi connectivity index (χ0) is 18.8. The number of likely N-dealkylation sites (tertiary alicyclic amines) is 1. The fourth-order valence-electron chi connectivity index (χ4n) is 4.58. The monoisotopic (exact) mass is 406 g/mol. The number of aryl methyl sites for hydroxylation is 1. The van der Waals surface area contributed by atoms with E-state index >= 15 is 0 Å². The van der Waals surface area contributed by atoms with Gasteiger partial charge in [0.1, 0.15) is 0 Å². The molecule has 2 unspecified atom stereocenters. The van der Waals surface area contributed by atoms with Crippen LogP contribution in [-0.4, -0.2) is 73.5 Å². The third-order valence-electron chi connectivity index (χ3n) is 6.27. The predicted molar refractivity (Wildman–Crippen MR) is 113 cm³/mol. The first-order valence-electron chi connectivity index (χ1n) is 10.3. The van der Waals surface area contributed by atoms with E-state index in [9.17, 15) is 9.59 Å². The highest BCUT2D eigenvalue weighted by atomic mass is 35.5. The summed E-state index contributed by atoms with van der Waals surface area (Å²) < 4.78 is 0. The summed E-state index contributed by atoms with van der Waals surface area (Å²) in [6.45, 7) is 8.47. The molecule has 3 fully saturated rings. The summed E-state index contributed by atoms with van der Waals surface area (Å²) in [5.74, 6) is 0.0224. The molecule has 1 aromatic rings. The topological polar surface area (TPSA) is 55.9 Å². The summed E-state index contributed by atoms with van der Waals surface area (Å²) in [5, 5.41) is 3.38. The third-order valence-corrected chi connectivity index (χ3v) is 6.27. The highest BCUT2D eigenvalue weighted by Crippen LogP contribution is 2.28. The van der Waals surface area contributed by atoms with Gasteiger partial charge in [-0.15, -0.1) is 12.4 Å². The first-order chi connectivity index (χ1) is 13.2. The Hall–Kier alpha value is -1.63. The van der Waals surface area contributed by atoms with E-state index in [0.29, 0.717) is 19.0 Å². The van der Waals surface area contributed by atoms with E-state index in [4.69, 9.17) is 0 Å². The van der Waals surface area contributed by atoms with Crippen LogP contribution in [0.4, 0.5) is 5.69 Å². The van der Waals surface area contributed by atoms with E-state index in [1.165, 1.54) is 5.56 Å². The van der Waals surface area contributed by atoms with E-state index < -0.39 is 0 Å². The van der Waals surface area contributed by atoms with E-state index in [0.717, 1.165) is 57.8 Å². The van der Waals surface area contributed by atoms with Crippen LogP contribution in [0.2, 0.25) is 0 Å². The zero-order valence-corrected chi connectivity index (χ0v) is 17.4. The van der Waals surface area contributed by atoms with Crippen LogP contribution in [0.1, 0.15) is 25.3 Å². The number of amides is 2. The fraction of sp³-hybridized carbons (Fsp3) is 0.619. The van der Waals surface area contributed by atoms with Crippen LogP contribution >= 0.6 is 12.4 Å². The molecule has 3 aliphatic heterocycles. The van der Waals surface area contributed by atoms with Gasteiger partial charge < -0.3 is 15.1 Å². The van der Waals surface area contributed by atoms with Crippen LogP contribution in [0.3, 0.4) is 0 Å². The maximum atomic E-state index is 13.0. The number of nitrogens with one attached hydrogen (secondary N) is 1. The summed E-state index contributed by atoms with van der Waals surface area (Å²) in [5.41, 5.74) is 2.17. The molecule has 0 radical (unpaired) electrons. The zero-order valence-electron chi connectivity index (χ0n) is 16.6. The number of carbonyl (C=O) groups is 2. The summed E-state index contributed by atoms with van der Waals surface area (Å²) in [6, 6.07) is 8.61. The van der Waals surface area contributed by atoms with Gasteiger partial charge in [-0.05, 0) is 30.5 Å². The predicted octanol–water partition coefficient (Wildman–Crippen LogP) is 1.53. The van der Waals surface area contributed by atoms with Crippen molar-refractivity contribution in [3.05, 3.63) is 29.8 Å². The molecule has 6 nitrogen and oxygen atoms in total. The largest absolute Gasteiger partial charge is 0.341 e. The van der Waals surface area contributed by atoms with E-state index in [2.05, 4.69) is 29.3 Å². The van der Waals surface area contributed by atoms with Gasteiger partial charge in [-0.2, -0.15) is 0 Å². The number of piperazine rings is 1. The molecule has 28 heavy (non-hydrogen) atoms. The fourth-order valence-corrected chi connectivity index (χ4v) is 4.58. The molecule has 1 N–H and O–H groups in total. The van der Waals surface area contributed by atoms with Crippen LogP contribution < -0.4 is 10.2 Å². The SMILES string of the molecule is CCc1ccc(N2CC(C(=O)N3CCC(N4CCNCC4)C3)CC2=O)cc1.Cl. The molecule has 0 aromatic heterocycles. The van der Waals surface area contributed by atoms with Gasteiger partial charge >= 0.3 is 0 Å². The first kappa shape index (κ1) is 21.1. The van der Waals surface area contributed by atoms with Crippen LogP contribution in [0, 0.1) is 5.92 Å². The van der Waals surface area contributed by atoms with Crippen LogP contribution in [0.15, 0.2) is 24.3 Å². The van der Waals surface area contributed by atoms with E-state index in [1.807, 2.05) is 17.0 Å². The van der Waals surface area contributed by atoms with Crippen molar-refractivity contribution < 1.29 is 9.59 Å². The lowest BCUT2D eigenvalue weighted by Crippen LogP contribution is -2.49. The molecule has 7 heteroatoms. The third kappa shape index (κ3) is 4.34. The van der Waals surface area contributed by atoms with Crippen molar-refractivity contribution in [2.45, 2.75) is 32.2 Å². The molecule has 2 atom stereocenters. The molecule has 4 rings (SSSR count). The summed E-state index contributed by atoms with van der Waals surface area (Å²) in [4.78, 5) is 31.8. The summed E-state index contributed by atoms with van der Waals surface area (Å²) >= 11 is 0. The molecular weight excluding hydrogens is 376 g/mol. The standard InChI is InChI=1S/C21H30N4O2.ClH/c1-2-16-3-5-18(6-4-16)25-14-17(13-20(25)26)21(27)24-10-7-19(15-24)23-11-8-22-9-12-23;/h3-6,17,19,22H,2,7-15H2,1H3;1H. The molecule has 1 aromatic carbocycles. The minimum absolute atomic E-state index is 0. The Labute approximate surface area is 173 Å². The molecule has 0 spiro atoms. The lowest BCUT2D eigenvalue weighted by Gasteiger charge is -2.32. The van der Waals surface area contributed by atoms with E-state index in [-0.39, 0.29) is 30.1 Å². The van der Waals surface area contributed by atoms with Gasteiger partial charge in [0.25, 0.3) is 0 Å². The van der Waals surface area contributed by atoms with Crippen molar-refractivity contribution in [1.29, 1.82) is 0 Å². The highest BCUT2D eigenvalue weighted by Gasteiger charge is 2.40. The molecule has 154 valence electrons. The van der Waals surface area contributed by atoms with Crippen molar-refractivity contribution in [2.24, 2.45) is 5.92 Å². The summed E-state index contributed by atoms with van der Waals surface area (Å²) in [7, 11) is 0. The molecule has 2 amide bonds. The Bertz CT molecular complexity index is 690. The number of halogens is 1. The number of hydrogen-bond acceptors (Lipinski definition) is 4. The molecule has 0 saturated carbocycles. The maximum Gasteiger partial charge on any atom is 0.228 e. The minimum atomic E-state index is -0.204. The maximum absolute atomic E-state index is 13.0. The van der Waals surface area contributed by atoms with Crippen LogP contribution in [0.5, 0.6) is 0 Å². The van der Waals surface area contributed by atoms with E-state index in [1.54, 1.807) is 4.90 Å². The van der Waals surface area contributed by atoms with Gasteiger partial charge in [0.2, 0.25) is 11.8 Å².